The van der Waals surface area contributed by atoms with Gasteiger partial charge in [0.05, 0.1) is 5.69 Å². The van der Waals surface area contributed by atoms with Crippen LogP contribution in [0.4, 0.5) is 32.0 Å². The van der Waals surface area contributed by atoms with E-state index in [4.69, 9.17) is 5.73 Å². The number of amides is 2. The van der Waals surface area contributed by atoms with E-state index >= 15 is 0 Å². The van der Waals surface area contributed by atoms with Gasteiger partial charge in [-0.3, -0.25) is 14.7 Å². The van der Waals surface area contributed by atoms with E-state index in [1.54, 1.807) is 36.3 Å². The summed E-state index contributed by atoms with van der Waals surface area (Å²) in [7, 11) is 0. The molecule has 0 spiro atoms. The zero-order valence-electron chi connectivity index (χ0n) is 17.4. The molecule has 3 aromatic heterocycles. The van der Waals surface area contributed by atoms with Crippen LogP contribution in [0.25, 0.3) is 21.3 Å². The summed E-state index contributed by atoms with van der Waals surface area (Å²) in [6.07, 6.45) is -9.62. The molecule has 4 rings (SSSR count). The maximum absolute atomic E-state index is 13.5. The summed E-state index contributed by atoms with van der Waals surface area (Å²) < 4.78 is 79.2. The number of nitrogens with zero attached hydrogens (tertiary/aromatic N) is 2. The molecule has 0 fully saturated rings. The molecule has 3 heterocycles. The molecule has 0 aliphatic carbocycles. The van der Waals surface area contributed by atoms with Crippen molar-refractivity contribution in [3.05, 3.63) is 63.9 Å². The van der Waals surface area contributed by atoms with Crippen LogP contribution < -0.4 is 11.1 Å². The van der Waals surface area contributed by atoms with Crippen molar-refractivity contribution in [1.29, 1.82) is 0 Å². The van der Waals surface area contributed by atoms with E-state index in [0.717, 1.165) is 11.6 Å². The molecule has 35 heavy (non-hydrogen) atoms. The van der Waals surface area contributed by atoms with Gasteiger partial charge in [0.1, 0.15) is 21.1 Å². The van der Waals surface area contributed by atoms with E-state index in [1.165, 1.54) is 0 Å². The number of aromatic amines is 1. The number of pyridine rings is 1. The molecule has 4 aromatic rings. The van der Waals surface area contributed by atoms with E-state index in [1.807, 2.05) is 0 Å². The number of nitrogens with one attached hydrogen (secondary N) is 2. The number of hydrogen-bond acceptors (Lipinski definition) is 5. The number of halogens is 6. The Bertz CT molecular complexity index is 1450. The van der Waals surface area contributed by atoms with Crippen molar-refractivity contribution in [2.75, 3.05) is 5.32 Å². The molecule has 14 heteroatoms. The van der Waals surface area contributed by atoms with Gasteiger partial charge in [-0.25, -0.2) is 4.98 Å². The minimum Gasteiger partial charge on any atom is -0.365 e. The Labute approximate surface area is 196 Å². The van der Waals surface area contributed by atoms with Crippen LogP contribution in [0.2, 0.25) is 0 Å². The number of fused-ring (bicyclic) bond motifs is 1. The van der Waals surface area contributed by atoms with Crippen molar-refractivity contribution in [2.45, 2.75) is 19.3 Å². The third-order valence-electron chi connectivity index (χ3n) is 4.89. The normalized spacial score (nSPS) is 12.2. The first-order valence-corrected chi connectivity index (χ1v) is 10.4. The molecule has 7 nitrogen and oxygen atoms in total. The summed E-state index contributed by atoms with van der Waals surface area (Å²) in [6, 6.07) is 7.60. The van der Waals surface area contributed by atoms with Gasteiger partial charge in [-0.1, -0.05) is 29.8 Å². The summed E-state index contributed by atoms with van der Waals surface area (Å²) in [5.41, 5.74) is 3.04. The first kappa shape index (κ1) is 24.2. The fourth-order valence-corrected chi connectivity index (χ4v) is 4.27. The fourth-order valence-electron chi connectivity index (χ4n) is 3.26. The Morgan fingerprint density at radius 3 is 2.23 bits per heavy atom. The topological polar surface area (TPSA) is 114 Å². The first-order chi connectivity index (χ1) is 16.3. The van der Waals surface area contributed by atoms with E-state index in [-0.39, 0.29) is 26.3 Å². The minimum atomic E-state index is -4.82. The first-order valence-electron chi connectivity index (χ1n) is 9.61. The molecule has 0 aliphatic rings. The number of carbonyl (C=O) groups is 2. The van der Waals surface area contributed by atoms with Gasteiger partial charge in [0.15, 0.2) is 5.69 Å². The van der Waals surface area contributed by atoms with Crippen LogP contribution in [0.15, 0.2) is 36.4 Å². The Kier molecular flexibility index (Phi) is 5.79. The van der Waals surface area contributed by atoms with Crippen molar-refractivity contribution in [1.82, 2.24) is 15.2 Å². The lowest BCUT2D eigenvalue weighted by molar-refractivity contribution is -0.141. The number of alkyl halides is 6. The third-order valence-corrected chi connectivity index (χ3v) is 5.99. The van der Waals surface area contributed by atoms with Crippen molar-refractivity contribution < 1.29 is 35.9 Å². The summed E-state index contributed by atoms with van der Waals surface area (Å²) in [5.74, 6) is -2.22. The Morgan fingerprint density at radius 2 is 1.69 bits per heavy atom. The Balaban J connectivity index is 1.93. The highest BCUT2D eigenvalue weighted by atomic mass is 32.1. The third kappa shape index (κ3) is 4.69. The number of rotatable bonds is 4. The zero-order valence-corrected chi connectivity index (χ0v) is 18.2. The van der Waals surface area contributed by atoms with Crippen molar-refractivity contribution >= 4 is 39.1 Å². The fraction of sp³-hybridized carbons (Fsp3) is 0.143. The van der Waals surface area contributed by atoms with E-state index in [0.29, 0.717) is 23.0 Å². The molecular formula is C21H13F6N5O2S. The lowest BCUT2D eigenvalue weighted by Crippen LogP contribution is -2.17. The second-order valence-corrected chi connectivity index (χ2v) is 8.39. The van der Waals surface area contributed by atoms with Gasteiger partial charge in [-0.2, -0.15) is 31.4 Å². The second kappa shape index (κ2) is 8.37. The van der Waals surface area contributed by atoms with Gasteiger partial charge in [-0.15, -0.1) is 11.3 Å². The quantitative estimate of drug-likeness (QED) is 0.318. The number of benzene rings is 1. The van der Waals surface area contributed by atoms with Gasteiger partial charge in [-0.05, 0) is 24.1 Å². The molecule has 0 aliphatic heterocycles. The molecule has 2 amide bonds. The molecule has 0 atom stereocenters. The van der Waals surface area contributed by atoms with Crippen LogP contribution in [0.1, 0.15) is 37.1 Å². The molecule has 0 unspecified atom stereocenters. The molecule has 0 saturated heterocycles. The van der Waals surface area contributed by atoms with Gasteiger partial charge < -0.3 is 11.1 Å². The van der Waals surface area contributed by atoms with Crippen LogP contribution in [0.3, 0.4) is 0 Å². The summed E-state index contributed by atoms with van der Waals surface area (Å²) in [4.78, 5) is 27.8. The average molecular weight is 513 g/mol. The molecule has 182 valence electrons. The van der Waals surface area contributed by atoms with Crippen LogP contribution in [-0.2, 0) is 12.4 Å². The van der Waals surface area contributed by atoms with Crippen LogP contribution >= 0.6 is 11.3 Å². The SMILES string of the molecule is Cc1ccc(-c2cc(C(F)(F)F)nc3sc(C(N)=O)c(NC(=O)c4cc(C(F)(F)F)[nH]n4)c23)cc1. The summed E-state index contributed by atoms with van der Waals surface area (Å²) in [6.45, 7) is 1.77. The van der Waals surface area contributed by atoms with Crippen LogP contribution in [0, 0.1) is 6.92 Å². The zero-order chi connectivity index (χ0) is 25.7. The number of nitrogens with two attached hydrogens (primary N) is 1. The largest absolute Gasteiger partial charge is 0.433 e. The van der Waals surface area contributed by atoms with Crippen LogP contribution in [0.5, 0.6) is 0 Å². The number of anilines is 1. The van der Waals surface area contributed by atoms with Gasteiger partial charge in [0, 0.05) is 11.5 Å². The maximum atomic E-state index is 13.5. The second-order valence-electron chi connectivity index (χ2n) is 7.39. The predicted octanol–water partition coefficient (Wildman–Crippen LogP) is 5.38. The number of aromatic nitrogens is 3. The molecular weight excluding hydrogens is 500 g/mol. The highest BCUT2D eigenvalue weighted by Crippen LogP contribution is 2.43. The summed E-state index contributed by atoms with van der Waals surface area (Å²) in [5, 5.41) is 7.25. The van der Waals surface area contributed by atoms with Crippen molar-refractivity contribution in [2.24, 2.45) is 5.73 Å². The standard InChI is InChI=1S/C21H13F6N5O2S/c1-8-2-4-9(5-3-8)10-6-12(20(22,23)24)29-19-14(10)15(16(35-19)17(28)33)30-18(34)11-7-13(32-31-11)21(25,26)27/h2-7H,1H3,(H2,28,33)(H,30,34)(H,31,32). The molecule has 0 bridgehead atoms. The van der Waals surface area contributed by atoms with Crippen LogP contribution in [-0.4, -0.2) is 27.0 Å². The van der Waals surface area contributed by atoms with Crippen molar-refractivity contribution in [3.8, 4) is 11.1 Å². The highest BCUT2D eigenvalue weighted by Gasteiger charge is 2.36. The lowest BCUT2D eigenvalue weighted by atomic mass is 10.00. The Morgan fingerprint density at radius 1 is 1.03 bits per heavy atom. The Hall–Kier alpha value is -3.94. The number of carbonyl (C=O) groups excluding carboxylic acids is 2. The highest BCUT2D eigenvalue weighted by molar-refractivity contribution is 7.21. The van der Waals surface area contributed by atoms with Gasteiger partial charge in [0.25, 0.3) is 11.8 Å². The molecule has 0 saturated carbocycles. The summed E-state index contributed by atoms with van der Waals surface area (Å²) >= 11 is 0.512. The minimum absolute atomic E-state index is 0.0145. The molecule has 0 radical (unpaired) electrons. The van der Waals surface area contributed by atoms with Crippen molar-refractivity contribution in [3.63, 3.8) is 0 Å². The lowest BCUT2D eigenvalue weighted by Gasteiger charge is -2.12. The number of thiophene rings is 1. The number of aryl methyl sites for hydroxylation is 1. The molecule has 4 N–H and O–H groups in total. The van der Waals surface area contributed by atoms with Gasteiger partial charge in [0.2, 0.25) is 0 Å². The van der Waals surface area contributed by atoms with E-state index < -0.39 is 41.2 Å². The maximum Gasteiger partial charge on any atom is 0.433 e. The van der Waals surface area contributed by atoms with E-state index in [9.17, 15) is 35.9 Å². The van der Waals surface area contributed by atoms with E-state index in [2.05, 4.69) is 15.4 Å². The number of primary amides is 1. The monoisotopic (exact) mass is 513 g/mol. The molecule has 1 aromatic carbocycles. The number of H-pyrrole nitrogens is 1. The number of hydrogen-bond donors (Lipinski definition) is 3. The smallest absolute Gasteiger partial charge is 0.365 e. The van der Waals surface area contributed by atoms with Gasteiger partial charge >= 0.3 is 12.4 Å². The average Bonchev–Trinajstić information content (AvgIpc) is 3.39. The predicted molar refractivity (Wildman–Crippen MR) is 115 cm³/mol.